The number of hydrogen-bond donors (Lipinski definition) is 2. The van der Waals surface area contributed by atoms with Gasteiger partial charge in [0, 0.05) is 0 Å². The van der Waals surface area contributed by atoms with E-state index in [9.17, 15) is 0 Å². The van der Waals surface area contributed by atoms with E-state index >= 15 is 0 Å². The van der Waals surface area contributed by atoms with Crippen molar-refractivity contribution in [2.75, 3.05) is 7.05 Å². The first-order valence-corrected chi connectivity index (χ1v) is 4.59. The molecule has 0 atom stereocenters. The van der Waals surface area contributed by atoms with Gasteiger partial charge in [-0.1, -0.05) is 0 Å². The molecule has 5 heteroatoms. The fourth-order valence-corrected chi connectivity index (χ4v) is 1.11. The molecule has 0 rings (SSSR count). The molecule has 8 heavy (non-hydrogen) atoms. The Morgan fingerprint density at radius 2 is 2.25 bits per heavy atom. The normalized spacial score (nSPS) is 11.6. The van der Waals surface area contributed by atoms with Gasteiger partial charge in [0.05, 0.1) is 0 Å². The van der Waals surface area contributed by atoms with Crippen LogP contribution in [-0.2, 0) is 0 Å². The molecule has 0 aromatic carbocycles. The topological polar surface area (TPSA) is 67.6 Å². The Morgan fingerprint density at radius 3 is 2.25 bits per heavy atom. The summed E-state index contributed by atoms with van der Waals surface area (Å²) in [6.07, 6.45) is 0. The molecule has 0 saturated carbocycles. The zero-order chi connectivity index (χ0) is 6.57. The van der Waals surface area contributed by atoms with Crippen molar-refractivity contribution in [3.63, 3.8) is 0 Å². The van der Waals surface area contributed by atoms with Gasteiger partial charge in [0.15, 0.2) is 0 Å². The Bertz CT molecular complexity index is 89.3. The first kappa shape index (κ1) is 7.75. The van der Waals surface area contributed by atoms with Crippen LogP contribution >= 0.6 is 0 Å². The van der Waals surface area contributed by atoms with Crippen LogP contribution in [0.15, 0.2) is 5.10 Å². The van der Waals surface area contributed by atoms with Crippen molar-refractivity contribution < 1.29 is 0 Å². The molecule has 0 aliphatic rings. The predicted octanol–water partition coefficient (Wildman–Crippen LogP) is -1.23. The number of nitrogens with two attached hydrogens (primary N) is 2. The molecule has 0 fully saturated rings. The van der Waals surface area contributed by atoms with Crippen molar-refractivity contribution in [1.82, 2.24) is 5.01 Å². The fourth-order valence-electron chi connectivity index (χ4n) is 0.288. The van der Waals surface area contributed by atoms with Crippen LogP contribution in [-0.4, -0.2) is 31.7 Å². The van der Waals surface area contributed by atoms with Gasteiger partial charge in [0.25, 0.3) is 0 Å². The number of hydrogen-bond acceptors (Lipinski definition) is 3. The zero-order valence-electron chi connectivity index (χ0n) is 4.96. The summed E-state index contributed by atoms with van der Waals surface area (Å²) in [5.74, 6) is 12.3. The summed E-state index contributed by atoms with van der Waals surface area (Å²) < 4.78 is 0.762. The van der Waals surface area contributed by atoms with Gasteiger partial charge in [0.2, 0.25) is 0 Å². The van der Waals surface area contributed by atoms with Crippen LogP contribution in [0.3, 0.4) is 0 Å². The quantitative estimate of drug-likeness (QED) is 0.175. The molecule has 0 aliphatic heterocycles. The molecule has 0 saturated heterocycles. The third-order valence-electron chi connectivity index (χ3n) is 0.595. The van der Waals surface area contributed by atoms with Gasteiger partial charge in [-0.2, -0.15) is 0 Å². The van der Waals surface area contributed by atoms with E-state index < -0.39 is 0 Å². The van der Waals surface area contributed by atoms with E-state index in [1.165, 1.54) is 5.01 Å². The Labute approximate surface area is 55.0 Å². The number of hydrazine groups is 1. The van der Waals surface area contributed by atoms with E-state index in [-0.39, 0.29) is 15.0 Å². The van der Waals surface area contributed by atoms with E-state index in [0.717, 1.165) is 4.73 Å². The molecular formula is C3H10N4Se. The third kappa shape index (κ3) is 2.16. The third-order valence-corrected chi connectivity index (χ3v) is 2.19. The summed E-state index contributed by atoms with van der Waals surface area (Å²) in [6.45, 7) is 0. The second kappa shape index (κ2) is 3.72. The summed E-state index contributed by atoms with van der Waals surface area (Å²) in [4.78, 5) is 0. The van der Waals surface area contributed by atoms with Gasteiger partial charge in [0.1, 0.15) is 0 Å². The average molecular weight is 181 g/mol. The van der Waals surface area contributed by atoms with Crippen molar-refractivity contribution in [3.05, 3.63) is 0 Å². The summed E-state index contributed by atoms with van der Waals surface area (Å²) in [7, 11) is 1.72. The predicted molar refractivity (Wildman–Crippen MR) is 35.2 cm³/mol. The van der Waals surface area contributed by atoms with Crippen LogP contribution in [0.25, 0.3) is 0 Å². The van der Waals surface area contributed by atoms with Crippen LogP contribution < -0.4 is 11.7 Å². The monoisotopic (exact) mass is 182 g/mol. The maximum atomic E-state index is 5.30. The van der Waals surface area contributed by atoms with Crippen molar-refractivity contribution in [1.29, 1.82) is 0 Å². The molecule has 0 spiro atoms. The Hall–Kier alpha value is -0.251. The summed E-state index contributed by atoms with van der Waals surface area (Å²) in [5.41, 5.74) is 0. The molecule has 0 bridgehead atoms. The molecular weight excluding hydrogens is 171 g/mol. The molecule has 0 radical (unpaired) electrons. The number of hydrazone groups is 1. The van der Waals surface area contributed by atoms with Crippen LogP contribution in [0.2, 0.25) is 5.82 Å². The summed E-state index contributed by atoms with van der Waals surface area (Å²) in [6, 6.07) is 0. The molecule has 48 valence electrons. The minimum absolute atomic E-state index is 0.290. The maximum absolute atomic E-state index is 5.30. The number of rotatable bonds is 1. The summed E-state index contributed by atoms with van der Waals surface area (Å²) in [5, 5.41) is 4.88. The van der Waals surface area contributed by atoms with Crippen molar-refractivity contribution in [3.8, 4) is 0 Å². The Morgan fingerprint density at radius 1 is 1.75 bits per heavy atom. The second-order valence-corrected chi connectivity index (χ2v) is 2.85. The SMILES string of the molecule is C[Se]/C(=N\N)N(C)N. The standard InChI is InChI=1S/C3H10N4Se/c1-7(5)3(6-4)8-2/h4-5H2,1-2H3/b6-3-. The molecule has 4 nitrogen and oxygen atoms in total. The molecule has 0 aliphatic carbocycles. The van der Waals surface area contributed by atoms with Gasteiger partial charge in [-0.3, -0.25) is 0 Å². The van der Waals surface area contributed by atoms with Gasteiger partial charge in [-0.25, -0.2) is 0 Å². The molecule has 4 N–H and O–H groups in total. The molecule has 0 amide bonds. The first-order valence-electron chi connectivity index (χ1n) is 2.02. The number of nitrogens with zero attached hydrogens (tertiary/aromatic N) is 2. The zero-order valence-corrected chi connectivity index (χ0v) is 6.67. The van der Waals surface area contributed by atoms with E-state index in [1.54, 1.807) is 7.05 Å². The molecule has 0 aromatic heterocycles. The molecule has 0 heterocycles. The van der Waals surface area contributed by atoms with Gasteiger partial charge < -0.3 is 0 Å². The van der Waals surface area contributed by atoms with Crippen molar-refractivity contribution in [2.24, 2.45) is 16.8 Å². The minimum atomic E-state index is 0.290. The second-order valence-electron chi connectivity index (χ2n) is 1.23. The van der Waals surface area contributed by atoms with E-state index in [2.05, 4.69) is 5.10 Å². The summed E-state index contributed by atoms with van der Waals surface area (Å²) >= 11 is 0.290. The van der Waals surface area contributed by atoms with Crippen LogP contribution in [0.5, 0.6) is 0 Å². The Kier molecular flexibility index (Phi) is 3.60. The van der Waals surface area contributed by atoms with E-state index in [0.29, 0.717) is 0 Å². The molecule has 0 aromatic rings. The van der Waals surface area contributed by atoms with Crippen LogP contribution in [0.4, 0.5) is 0 Å². The van der Waals surface area contributed by atoms with Gasteiger partial charge >= 0.3 is 54.4 Å². The number of amidine groups is 1. The molecule has 0 unspecified atom stereocenters. The van der Waals surface area contributed by atoms with Crippen molar-refractivity contribution in [2.45, 2.75) is 5.82 Å². The van der Waals surface area contributed by atoms with E-state index in [4.69, 9.17) is 11.7 Å². The first-order chi connectivity index (χ1) is 3.72. The van der Waals surface area contributed by atoms with Crippen molar-refractivity contribution >= 4 is 19.7 Å². The Balaban J connectivity index is 3.72. The van der Waals surface area contributed by atoms with Crippen LogP contribution in [0.1, 0.15) is 0 Å². The fraction of sp³-hybridized carbons (Fsp3) is 0.667. The van der Waals surface area contributed by atoms with Crippen LogP contribution in [0, 0.1) is 0 Å². The van der Waals surface area contributed by atoms with Gasteiger partial charge in [-0.15, -0.1) is 0 Å². The van der Waals surface area contributed by atoms with E-state index in [1.807, 2.05) is 5.82 Å². The van der Waals surface area contributed by atoms with Gasteiger partial charge in [-0.05, 0) is 0 Å². The average Bonchev–Trinajstić information content (AvgIpc) is 1.69.